The van der Waals surface area contributed by atoms with E-state index in [1.807, 2.05) is 91.0 Å². The van der Waals surface area contributed by atoms with Crippen molar-refractivity contribution in [2.24, 2.45) is 5.73 Å². The van der Waals surface area contributed by atoms with Gasteiger partial charge in [0.05, 0.1) is 17.8 Å². The van der Waals surface area contributed by atoms with E-state index in [4.69, 9.17) is 5.73 Å². The molecule has 0 fully saturated rings. The van der Waals surface area contributed by atoms with Crippen molar-refractivity contribution < 1.29 is 8.42 Å². The molecule has 0 saturated carbocycles. The highest BCUT2D eigenvalue weighted by Crippen LogP contribution is 2.27. The summed E-state index contributed by atoms with van der Waals surface area (Å²) in [6.07, 6.45) is 0.457. The third-order valence-electron chi connectivity index (χ3n) is 4.51. The van der Waals surface area contributed by atoms with Crippen molar-refractivity contribution in [3.05, 3.63) is 108 Å². The predicted octanol–water partition coefficient (Wildman–Crippen LogP) is 3.59. The van der Waals surface area contributed by atoms with E-state index in [1.165, 1.54) is 0 Å². The molecule has 3 rings (SSSR count). The second kappa shape index (κ2) is 8.95. The summed E-state index contributed by atoms with van der Waals surface area (Å²) in [5, 5.41) is 0. The van der Waals surface area contributed by atoms with Gasteiger partial charge in [-0.15, -0.1) is 0 Å². The minimum Gasteiger partial charge on any atom is -0.322 e. The van der Waals surface area contributed by atoms with E-state index < -0.39 is 22.1 Å². The van der Waals surface area contributed by atoms with Gasteiger partial charge in [0.25, 0.3) is 0 Å². The smallest absolute Gasteiger partial charge is 0.212 e. The Bertz CT molecular complexity index is 930. The fourth-order valence-electron chi connectivity index (χ4n) is 3.03. The van der Waals surface area contributed by atoms with Gasteiger partial charge in [0.1, 0.15) is 0 Å². The number of nitrogens with two attached hydrogens (primary N) is 1. The molecule has 2 atom stereocenters. The van der Waals surface area contributed by atoms with Crippen LogP contribution in [0.5, 0.6) is 0 Å². The molecule has 0 spiro atoms. The zero-order valence-corrected chi connectivity index (χ0v) is 15.8. The monoisotopic (exact) mass is 380 g/mol. The van der Waals surface area contributed by atoms with Crippen LogP contribution in [0.1, 0.15) is 28.8 Å². The van der Waals surface area contributed by atoms with Gasteiger partial charge in [-0.3, -0.25) is 0 Å². The van der Waals surface area contributed by atoms with Crippen molar-refractivity contribution in [2.45, 2.75) is 18.5 Å². The van der Waals surface area contributed by atoms with E-state index in [-0.39, 0.29) is 5.75 Å². The largest absolute Gasteiger partial charge is 0.322 e. The lowest BCUT2D eigenvalue weighted by Crippen LogP contribution is -2.37. The van der Waals surface area contributed by atoms with Gasteiger partial charge in [0.15, 0.2) is 0 Å². The van der Waals surface area contributed by atoms with Crippen molar-refractivity contribution in [2.75, 3.05) is 5.75 Å². The Kier molecular flexibility index (Phi) is 6.40. The third kappa shape index (κ3) is 5.50. The second-order valence-corrected chi connectivity index (χ2v) is 8.37. The molecule has 0 heterocycles. The lowest BCUT2D eigenvalue weighted by atomic mass is 9.95. The fourth-order valence-corrected chi connectivity index (χ4v) is 4.32. The molecule has 140 valence electrons. The van der Waals surface area contributed by atoms with E-state index >= 15 is 0 Å². The number of hydrogen-bond acceptors (Lipinski definition) is 3. The highest BCUT2D eigenvalue weighted by molar-refractivity contribution is 7.89. The maximum absolute atomic E-state index is 12.8. The first kappa shape index (κ1) is 19.3. The number of hydrogen-bond donors (Lipinski definition) is 2. The Balaban J connectivity index is 1.80. The number of benzene rings is 3. The zero-order chi connectivity index (χ0) is 19.1. The summed E-state index contributed by atoms with van der Waals surface area (Å²) in [6.45, 7) is 0. The molecular weight excluding hydrogens is 356 g/mol. The Hall–Kier alpha value is -2.47. The van der Waals surface area contributed by atoms with Crippen LogP contribution in [-0.2, 0) is 16.4 Å². The van der Waals surface area contributed by atoms with Crippen LogP contribution in [0.2, 0.25) is 0 Å². The molecule has 4 nitrogen and oxygen atoms in total. The van der Waals surface area contributed by atoms with Crippen molar-refractivity contribution in [3.8, 4) is 0 Å². The van der Waals surface area contributed by atoms with E-state index in [9.17, 15) is 8.42 Å². The summed E-state index contributed by atoms with van der Waals surface area (Å²) >= 11 is 0. The lowest BCUT2D eigenvalue weighted by molar-refractivity contribution is 0.504. The Morgan fingerprint density at radius 3 is 1.78 bits per heavy atom. The van der Waals surface area contributed by atoms with Crippen LogP contribution in [0.25, 0.3) is 0 Å². The first-order valence-electron chi connectivity index (χ1n) is 8.94. The second-order valence-electron chi connectivity index (χ2n) is 6.50. The average molecular weight is 381 g/mol. The van der Waals surface area contributed by atoms with Crippen molar-refractivity contribution in [3.63, 3.8) is 0 Å². The Morgan fingerprint density at radius 2 is 1.22 bits per heavy atom. The van der Waals surface area contributed by atoms with Crippen LogP contribution in [0, 0.1) is 0 Å². The molecule has 0 aliphatic rings. The Morgan fingerprint density at radius 1 is 0.741 bits per heavy atom. The quantitative estimate of drug-likeness (QED) is 0.627. The van der Waals surface area contributed by atoms with Gasteiger partial charge in [0, 0.05) is 0 Å². The molecule has 27 heavy (non-hydrogen) atoms. The van der Waals surface area contributed by atoms with Crippen LogP contribution in [0.15, 0.2) is 91.0 Å². The molecule has 3 aromatic carbocycles. The van der Waals surface area contributed by atoms with E-state index in [0.29, 0.717) is 6.42 Å². The number of sulfonamides is 1. The topological polar surface area (TPSA) is 72.2 Å². The van der Waals surface area contributed by atoms with Crippen molar-refractivity contribution in [1.82, 2.24) is 4.72 Å². The Labute approximate surface area is 161 Å². The first-order valence-corrected chi connectivity index (χ1v) is 10.6. The summed E-state index contributed by atoms with van der Waals surface area (Å²) in [5.41, 5.74) is 9.18. The molecule has 0 aliphatic carbocycles. The van der Waals surface area contributed by atoms with E-state index in [2.05, 4.69) is 4.72 Å². The first-order chi connectivity index (χ1) is 13.1. The fraction of sp³-hybridized carbons (Fsp3) is 0.182. The number of nitrogens with one attached hydrogen (secondary N) is 1. The summed E-state index contributed by atoms with van der Waals surface area (Å²) in [7, 11) is -3.51. The van der Waals surface area contributed by atoms with Crippen LogP contribution >= 0.6 is 0 Å². The molecular formula is C22H24N2O2S. The maximum Gasteiger partial charge on any atom is 0.212 e. The molecule has 0 aliphatic heterocycles. The van der Waals surface area contributed by atoms with Gasteiger partial charge in [-0.25, -0.2) is 13.1 Å². The normalized spacial score (nSPS) is 13.8. The summed E-state index contributed by atoms with van der Waals surface area (Å²) in [5.74, 6) is 0.0157. The van der Waals surface area contributed by atoms with Gasteiger partial charge < -0.3 is 5.73 Å². The number of rotatable bonds is 8. The van der Waals surface area contributed by atoms with Crippen molar-refractivity contribution in [1.29, 1.82) is 0 Å². The number of aryl methyl sites for hydroxylation is 1. The molecule has 0 aromatic heterocycles. The maximum atomic E-state index is 12.8. The van der Waals surface area contributed by atoms with Gasteiger partial charge >= 0.3 is 0 Å². The third-order valence-corrected chi connectivity index (χ3v) is 5.87. The minimum absolute atomic E-state index is 0.0157. The van der Waals surface area contributed by atoms with Gasteiger partial charge in [-0.2, -0.15) is 0 Å². The standard InChI is InChI=1S/C22H24N2O2S/c23-21(19-12-6-2-7-13-19)22(20-14-8-3-9-15-20)24-27(25,26)17-16-18-10-4-1-5-11-18/h1-15,21-22,24H,16-17,23H2/t21-,22+/m1/s1. The average Bonchev–Trinajstić information content (AvgIpc) is 2.72. The SMILES string of the molecule is N[C@H](c1ccccc1)[C@@H](NS(=O)(=O)CCc1ccccc1)c1ccccc1. The van der Waals surface area contributed by atoms with Gasteiger partial charge in [-0.1, -0.05) is 91.0 Å². The minimum atomic E-state index is -3.51. The summed E-state index contributed by atoms with van der Waals surface area (Å²) in [4.78, 5) is 0. The molecule has 5 heteroatoms. The van der Waals surface area contributed by atoms with Crippen LogP contribution < -0.4 is 10.5 Å². The molecule has 3 N–H and O–H groups in total. The summed E-state index contributed by atoms with van der Waals surface area (Å²) < 4.78 is 28.3. The van der Waals surface area contributed by atoms with E-state index in [1.54, 1.807) is 0 Å². The van der Waals surface area contributed by atoms with Crippen LogP contribution in [0.4, 0.5) is 0 Å². The van der Waals surface area contributed by atoms with Gasteiger partial charge in [0.2, 0.25) is 10.0 Å². The highest BCUT2D eigenvalue weighted by atomic mass is 32.2. The van der Waals surface area contributed by atoms with Crippen molar-refractivity contribution >= 4 is 10.0 Å². The molecule has 0 radical (unpaired) electrons. The molecule has 3 aromatic rings. The lowest BCUT2D eigenvalue weighted by Gasteiger charge is -2.26. The molecule has 0 saturated heterocycles. The van der Waals surface area contributed by atoms with Gasteiger partial charge in [-0.05, 0) is 23.1 Å². The predicted molar refractivity (Wildman–Crippen MR) is 110 cm³/mol. The van der Waals surface area contributed by atoms with E-state index in [0.717, 1.165) is 16.7 Å². The molecule has 0 bridgehead atoms. The highest BCUT2D eigenvalue weighted by Gasteiger charge is 2.26. The molecule has 0 unspecified atom stereocenters. The van der Waals surface area contributed by atoms with Crippen LogP contribution in [0.3, 0.4) is 0 Å². The summed E-state index contributed by atoms with van der Waals surface area (Å²) in [6, 6.07) is 27.6. The van der Waals surface area contributed by atoms with Crippen LogP contribution in [-0.4, -0.2) is 14.2 Å². The zero-order valence-electron chi connectivity index (χ0n) is 15.0. The molecule has 0 amide bonds.